The second-order valence-electron chi connectivity index (χ2n) is 5.54. The molecule has 2 atom stereocenters. The summed E-state index contributed by atoms with van der Waals surface area (Å²) in [6.45, 7) is 3.62. The number of benzene rings is 1. The zero-order valence-corrected chi connectivity index (χ0v) is 11.6. The molecule has 0 aromatic heterocycles. The van der Waals surface area contributed by atoms with E-state index in [0.29, 0.717) is 11.4 Å². The number of nitrogens with one attached hydrogen (secondary N) is 2. The van der Waals surface area contributed by atoms with Crippen molar-refractivity contribution in [1.29, 1.82) is 0 Å². The third-order valence-corrected chi connectivity index (χ3v) is 4.11. The van der Waals surface area contributed by atoms with Gasteiger partial charge in [0.05, 0.1) is 11.8 Å². The highest BCUT2D eigenvalue weighted by Gasteiger charge is 2.27. The van der Waals surface area contributed by atoms with E-state index in [1.54, 1.807) is 6.92 Å². The minimum absolute atomic E-state index is 0.147. The number of aliphatic hydroxyl groups is 1. The second kappa shape index (κ2) is 5.42. The third-order valence-electron chi connectivity index (χ3n) is 4.11. The molecule has 3 N–H and O–H groups in total. The van der Waals surface area contributed by atoms with Gasteiger partial charge in [-0.05, 0) is 56.5 Å². The van der Waals surface area contributed by atoms with E-state index < -0.39 is 12.2 Å². The summed E-state index contributed by atoms with van der Waals surface area (Å²) in [4.78, 5) is 11.6. The fraction of sp³-hybridized carbons (Fsp3) is 0.533. The molecule has 2 heterocycles. The minimum atomic E-state index is -0.487. The van der Waals surface area contributed by atoms with Crippen LogP contribution in [0.1, 0.15) is 31.4 Å². The van der Waals surface area contributed by atoms with Crippen LogP contribution in [0.2, 0.25) is 0 Å². The van der Waals surface area contributed by atoms with Crippen molar-refractivity contribution in [3.63, 3.8) is 0 Å². The van der Waals surface area contributed by atoms with E-state index in [0.717, 1.165) is 31.5 Å². The van der Waals surface area contributed by atoms with Gasteiger partial charge in [0, 0.05) is 0 Å². The lowest BCUT2D eigenvalue weighted by Gasteiger charge is -2.29. The molecule has 108 valence electrons. The highest BCUT2D eigenvalue weighted by molar-refractivity contribution is 5.97. The molecule has 2 aliphatic rings. The van der Waals surface area contributed by atoms with Gasteiger partial charge in [-0.25, -0.2) is 0 Å². The first kappa shape index (κ1) is 13.4. The Labute approximate surface area is 118 Å². The van der Waals surface area contributed by atoms with Gasteiger partial charge in [0.1, 0.15) is 5.75 Å². The number of aliphatic hydroxyl groups excluding tert-OH is 1. The molecule has 3 rings (SSSR count). The molecular weight excluding hydrogens is 256 g/mol. The Bertz CT molecular complexity index is 512. The monoisotopic (exact) mass is 276 g/mol. The van der Waals surface area contributed by atoms with Crippen molar-refractivity contribution in [2.45, 2.75) is 32.0 Å². The number of rotatable bonds is 2. The molecule has 0 aliphatic carbocycles. The molecule has 5 nitrogen and oxygen atoms in total. The molecule has 0 saturated carbocycles. The number of hydrogen-bond acceptors (Lipinski definition) is 4. The van der Waals surface area contributed by atoms with Crippen LogP contribution in [0.4, 0.5) is 5.69 Å². The summed E-state index contributed by atoms with van der Waals surface area (Å²) in [7, 11) is 0. The molecular formula is C15H20N2O3. The summed E-state index contributed by atoms with van der Waals surface area (Å²) >= 11 is 0. The SMILES string of the molecule is CC1Oc2ccc(C(O)C3CCNCC3)cc2NC1=O. The first-order valence-corrected chi connectivity index (χ1v) is 7.15. The standard InChI is InChI=1S/C15H20N2O3/c1-9-15(19)17-12-8-11(2-3-13(12)20-9)14(18)10-4-6-16-7-5-10/h2-3,8-10,14,16,18H,4-7H2,1H3,(H,17,19). The van der Waals surface area contributed by atoms with Gasteiger partial charge in [0.25, 0.3) is 5.91 Å². The molecule has 2 aliphatic heterocycles. The number of carbonyl (C=O) groups excluding carboxylic acids is 1. The maximum absolute atomic E-state index is 11.6. The van der Waals surface area contributed by atoms with Gasteiger partial charge in [-0.3, -0.25) is 4.79 Å². The van der Waals surface area contributed by atoms with E-state index in [4.69, 9.17) is 4.74 Å². The predicted molar refractivity (Wildman–Crippen MR) is 75.7 cm³/mol. The molecule has 5 heteroatoms. The van der Waals surface area contributed by atoms with E-state index in [2.05, 4.69) is 10.6 Å². The molecule has 1 amide bonds. The van der Waals surface area contributed by atoms with Gasteiger partial charge in [0.2, 0.25) is 0 Å². The normalized spacial score (nSPS) is 24.5. The van der Waals surface area contributed by atoms with Crippen LogP contribution in [0.3, 0.4) is 0 Å². The Morgan fingerprint density at radius 1 is 1.35 bits per heavy atom. The molecule has 1 aromatic carbocycles. The van der Waals surface area contributed by atoms with E-state index >= 15 is 0 Å². The number of fused-ring (bicyclic) bond motifs is 1. The zero-order valence-electron chi connectivity index (χ0n) is 11.6. The molecule has 1 fully saturated rings. The number of amides is 1. The molecule has 1 saturated heterocycles. The number of piperidine rings is 1. The molecule has 0 radical (unpaired) electrons. The van der Waals surface area contributed by atoms with Crippen LogP contribution >= 0.6 is 0 Å². The Morgan fingerprint density at radius 3 is 2.85 bits per heavy atom. The fourth-order valence-electron chi connectivity index (χ4n) is 2.84. The summed E-state index contributed by atoms with van der Waals surface area (Å²) in [5.41, 5.74) is 1.49. The zero-order chi connectivity index (χ0) is 14.1. The lowest BCUT2D eigenvalue weighted by Crippen LogP contribution is -2.34. The van der Waals surface area contributed by atoms with Gasteiger partial charge in [0.15, 0.2) is 6.10 Å². The summed E-state index contributed by atoms with van der Waals surface area (Å²) < 4.78 is 5.52. The summed E-state index contributed by atoms with van der Waals surface area (Å²) in [6, 6.07) is 5.53. The van der Waals surface area contributed by atoms with Crippen LogP contribution in [0.25, 0.3) is 0 Å². The predicted octanol–water partition coefficient (Wildman–Crippen LogP) is 1.44. The maximum atomic E-state index is 11.6. The van der Waals surface area contributed by atoms with Crippen molar-refractivity contribution in [3.05, 3.63) is 23.8 Å². The van der Waals surface area contributed by atoms with Gasteiger partial charge >= 0.3 is 0 Å². The third kappa shape index (κ3) is 2.51. The molecule has 0 bridgehead atoms. The average Bonchev–Trinajstić information content (AvgIpc) is 2.48. The largest absolute Gasteiger partial charge is 0.479 e. The van der Waals surface area contributed by atoms with Crippen molar-refractivity contribution in [2.75, 3.05) is 18.4 Å². The summed E-state index contributed by atoms with van der Waals surface area (Å²) in [5.74, 6) is 0.790. The Morgan fingerprint density at radius 2 is 2.10 bits per heavy atom. The quantitative estimate of drug-likeness (QED) is 0.764. The van der Waals surface area contributed by atoms with Crippen LogP contribution < -0.4 is 15.4 Å². The second-order valence-corrected chi connectivity index (χ2v) is 5.54. The number of ether oxygens (including phenoxy) is 1. The first-order chi connectivity index (χ1) is 9.65. The van der Waals surface area contributed by atoms with E-state index in [1.807, 2.05) is 18.2 Å². The van der Waals surface area contributed by atoms with Crippen LogP contribution in [0.5, 0.6) is 5.75 Å². The lowest BCUT2D eigenvalue weighted by atomic mass is 9.88. The van der Waals surface area contributed by atoms with Crippen molar-refractivity contribution in [1.82, 2.24) is 5.32 Å². The Kier molecular flexibility index (Phi) is 3.63. The topological polar surface area (TPSA) is 70.6 Å². The summed E-state index contributed by atoms with van der Waals surface area (Å²) in [5, 5.41) is 16.6. The molecule has 2 unspecified atom stereocenters. The first-order valence-electron chi connectivity index (χ1n) is 7.15. The van der Waals surface area contributed by atoms with Crippen LogP contribution in [-0.4, -0.2) is 30.2 Å². The molecule has 0 spiro atoms. The van der Waals surface area contributed by atoms with Crippen molar-refractivity contribution in [2.24, 2.45) is 5.92 Å². The highest BCUT2D eigenvalue weighted by Crippen LogP contribution is 2.35. The van der Waals surface area contributed by atoms with Gasteiger partial charge in [-0.2, -0.15) is 0 Å². The van der Waals surface area contributed by atoms with Crippen LogP contribution in [0.15, 0.2) is 18.2 Å². The van der Waals surface area contributed by atoms with Crippen LogP contribution in [-0.2, 0) is 4.79 Å². The van der Waals surface area contributed by atoms with E-state index in [-0.39, 0.29) is 11.8 Å². The Hall–Kier alpha value is -1.59. The van der Waals surface area contributed by atoms with Crippen LogP contribution in [0, 0.1) is 5.92 Å². The Balaban J connectivity index is 1.81. The maximum Gasteiger partial charge on any atom is 0.265 e. The fourth-order valence-corrected chi connectivity index (χ4v) is 2.84. The lowest BCUT2D eigenvalue weighted by molar-refractivity contribution is -0.122. The summed E-state index contributed by atoms with van der Waals surface area (Å²) in [6.07, 6.45) is 0.984. The highest BCUT2D eigenvalue weighted by atomic mass is 16.5. The van der Waals surface area contributed by atoms with Gasteiger partial charge < -0.3 is 20.5 Å². The van der Waals surface area contributed by atoms with Crippen molar-refractivity contribution in [3.8, 4) is 5.75 Å². The molecule has 20 heavy (non-hydrogen) atoms. The number of carbonyl (C=O) groups is 1. The van der Waals surface area contributed by atoms with Gasteiger partial charge in [-0.1, -0.05) is 6.07 Å². The number of anilines is 1. The number of hydrogen-bond donors (Lipinski definition) is 3. The minimum Gasteiger partial charge on any atom is -0.479 e. The molecule has 1 aromatic rings. The van der Waals surface area contributed by atoms with Crippen molar-refractivity contribution < 1.29 is 14.6 Å². The van der Waals surface area contributed by atoms with E-state index in [1.165, 1.54) is 0 Å². The van der Waals surface area contributed by atoms with E-state index in [9.17, 15) is 9.90 Å². The average molecular weight is 276 g/mol. The van der Waals surface area contributed by atoms with Crippen molar-refractivity contribution >= 4 is 11.6 Å². The smallest absolute Gasteiger partial charge is 0.265 e. The van der Waals surface area contributed by atoms with Gasteiger partial charge in [-0.15, -0.1) is 0 Å².